The van der Waals surface area contributed by atoms with E-state index in [0.717, 1.165) is 11.1 Å². The Balaban J connectivity index is 1.92. The summed E-state index contributed by atoms with van der Waals surface area (Å²) in [7, 11) is 0. The molecule has 1 aromatic carbocycles. The number of rotatable bonds is 5. The number of nitrogen functional groups attached to an aromatic ring is 2. The number of hydrogen-bond donors (Lipinski definition) is 4. The molecule has 0 saturated heterocycles. The van der Waals surface area contributed by atoms with Crippen LogP contribution in [0.25, 0.3) is 6.08 Å². The summed E-state index contributed by atoms with van der Waals surface area (Å²) in [6, 6.07) is 7.91. The molecule has 3 aromatic rings. The number of anilines is 4. The molecule has 0 bridgehead atoms. The van der Waals surface area contributed by atoms with Gasteiger partial charge in [0.1, 0.15) is 0 Å². The van der Waals surface area contributed by atoms with E-state index in [1.807, 2.05) is 24.3 Å². The third-order valence-corrected chi connectivity index (χ3v) is 3.02. The van der Waals surface area contributed by atoms with Gasteiger partial charge in [-0.05, 0) is 11.1 Å². The molecule has 9 nitrogen and oxygen atoms in total. The second kappa shape index (κ2) is 5.56. The molecule has 0 atom stereocenters. The summed E-state index contributed by atoms with van der Waals surface area (Å²) in [6.45, 7) is 4.20. The zero-order chi connectivity index (χ0) is 15.5. The van der Waals surface area contributed by atoms with Gasteiger partial charge in [-0.2, -0.15) is 9.97 Å². The highest BCUT2D eigenvalue weighted by Gasteiger charge is 2.18. The number of aromatic amines is 2. The number of nitrogens with one attached hydrogen (secondary N) is 2. The Bertz CT molecular complexity index is 731. The average molecular weight is 297 g/mol. The minimum absolute atomic E-state index is 0.213. The highest BCUT2D eigenvalue weighted by Crippen LogP contribution is 2.22. The molecule has 3 rings (SSSR count). The van der Waals surface area contributed by atoms with Gasteiger partial charge in [-0.1, -0.05) is 36.9 Å². The van der Waals surface area contributed by atoms with Crippen molar-refractivity contribution >= 4 is 29.9 Å². The van der Waals surface area contributed by atoms with Crippen molar-refractivity contribution in [3.8, 4) is 0 Å². The Hall–Kier alpha value is -3.36. The SMILES string of the molecule is C=Cc1ccc(CN(c2n[nH]c(N)n2)c2n[nH]c(N)n2)cc1. The lowest BCUT2D eigenvalue weighted by atomic mass is 10.1. The third-order valence-electron chi connectivity index (χ3n) is 3.02. The van der Waals surface area contributed by atoms with Crippen molar-refractivity contribution in [3.63, 3.8) is 0 Å². The van der Waals surface area contributed by atoms with Gasteiger partial charge in [0.05, 0.1) is 6.54 Å². The van der Waals surface area contributed by atoms with Gasteiger partial charge in [-0.25, -0.2) is 10.2 Å². The first-order valence-electron chi connectivity index (χ1n) is 6.50. The highest BCUT2D eigenvalue weighted by molar-refractivity contribution is 5.52. The zero-order valence-electron chi connectivity index (χ0n) is 11.7. The van der Waals surface area contributed by atoms with Crippen molar-refractivity contribution < 1.29 is 0 Å². The van der Waals surface area contributed by atoms with Crippen LogP contribution in [0.4, 0.5) is 23.8 Å². The number of nitrogens with zero attached hydrogens (tertiary/aromatic N) is 5. The predicted molar refractivity (Wildman–Crippen MR) is 84.0 cm³/mol. The van der Waals surface area contributed by atoms with Crippen LogP contribution in [-0.2, 0) is 6.54 Å². The van der Waals surface area contributed by atoms with E-state index in [1.165, 1.54) is 0 Å². The number of hydrogen-bond acceptors (Lipinski definition) is 7. The second-order valence-corrected chi connectivity index (χ2v) is 4.57. The van der Waals surface area contributed by atoms with Crippen LogP contribution in [0.5, 0.6) is 0 Å². The van der Waals surface area contributed by atoms with Crippen molar-refractivity contribution in [2.75, 3.05) is 16.4 Å². The number of H-pyrrole nitrogens is 2. The molecule has 0 unspecified atom stereocenters. The molecule has 0 saturated carbocycles. The lowest BCUT2D eigenvalue weighted by molar-refractivity contribution is 0.872. The van der Waals surface area contributed by atoms with Crippen molar-refractivity contribution in [1.29, 1.82) is 0 Å². The van der Waals surface area contributed by atoms with E-state index in [4.69, 9.17) is 11.5 Å². The summed E-state index contributed by atoms with van der Waals surface area (Å²) in [5.74, 6) is 1.16. The molecule has 0 fully saturated rings. The van der Waals surface area contributed by atoms with Crippen LogP contribution in [0.2, 0.25) is 0 Å². The van der Waals surface area contributed by atoms with Gasteiger partial charge in [0.15, 0.2) is 0 Å². The summed E-state index contributed by atoms with van der Waals surface area (Å²) in [5.41, 5.74) is 13.2. The van der Waals surface area contributed by atoms with Crippen molar-refractivity contribution in [3.05, 3.63) is 42.0 Å². The van der Waals surface area contributed by atoms with Gasteiger partial charge in [0.2, 0.25) is 11.9 Å². The maximum Gasteiger partial charge on any atom is 0.253 e. The lowest BCUT2D eigenvalue weighted by Crippen LogP contribution is -2.19. The number of aromatic nitrogens is 6. The smallest absolute Gasteiger partial charge is 0.253 e. The molecule has 0 spiro atoms. The van der Waals surface area contributed by atoms with E-state index in [2.05, 4.69) is 36.9 Å². The monoisotopic (exact) mass is 297 g/mol. The third kappa shape index (κ3) is 2.73. The van der Waals surface area contributed by atoms with E-state index in [0.29, 0.717) is 18.4 Å². The van der Waals surface area contributed by atoms with Crippen LogP contribution in [0.15, 0.2) is 30.8 Å². The Morgan fingerprint density at radius 2 is 1.55 bits per heavy atom. The van der Waals surface area contributed by atoms with Gasteiger partial charge in [0, 0.05) is 0 Å². The summed E-state index contributed by atoms with van der Waals surface area (Å²) in [5, 5.41) is 13.3. The molecule has 22 heavy (non-hydrogen) atoms. The average Bonchev–Trinajstić information content (AvgIpc) is 3.14. The van der Waals surface area contributed by atoms with Crippen molar-refractivity contribution in [2.24, 2.45) is 0 Å². The number of nitrogens with two attached hydrogens (primary N) is 2. The van der Waals surface area contributed by atoms with Crippen molar-refractivity contribution in [1.82, 2.24) is 30.4 Å². The van der Waals surface area contributed by atoms with Crippen molar-refractivity contribution in [2.45, 2.75) is 6.54 Å². The minimum atomic E-state index is 0.213. The molecule has 9 heteroatoms. The van der Waals surface area contributed by atoms with E-state index < -0.39 is 0 Å². The molecule has 6 N–H and O–H groups in total. The highest BCUT2D eigenvalue weighted by atomic mass is 15.4. The topological polar surface area (TPSA) is 138 Å². The largest absolute Gasteiger partial charge is 0.368 e. The molecule has 0 radical (unpaired) electrons. The maximum absolute atomic E-state index is 5.59. The van der Waals surface area contributed by atoms with E-state index in [1.54, 1.807) is 11.0 Å². The molecule has 0 amide bonds. The Morgan fingerprint density at radius 3 is 1.95 bits per heavy atom. The maximum atomic E-state index is 5.59. The zero-order valence-corrected chi connectivity index (χ0v) is 11.7. The number of benzene rings is 1. The fourth-order valence-corrected chi connectivity index (χ4v) is 1.94. The second-order valence-electron chi connectivity index (χ2n) is 4.57. The van der Waals surface area contributed by atoms with Gasteiger partial charge < -0.3 is 11.5 Å². The molecular weight excluding hydrogens is 282 g/mol. The standard InChI is InChI=1S/C13H15N9/c1-2-8-3-5-9(6-4-8)7-22(12-16-10(14)18-20-12)13-17-11(15)19-21-13/h2-6H,1,7H2,(H3,14,16,18,20)(H3,15,17,19,21). The quantitative estimate of drug-likeness (QED) is 0.552. The van der Waals surface area contributed by atoms with Crippen LogP contribution >= 0.6 is 0 Å². The van der Waals surface area contributed by atoms with E-state index >= 15 is 0 Å². The Labute approximate surface area is 126 Å². The molecule has 0 aliphatic heterocycles. The van der Waals surface area contributed by atoms with Crippen LogP contribution in [0, 0.1) is 0 Å². The molecule has 0 aliphatic rings. The molecule has 2 aromatic heterocycles. The van der Waals surface area contributed by atoms with Gasteiger partial charge in [-0.3, -0.25) is 4.90 Å². The van der Waals surface area contributed by atoms with E-state index in [9.17, 15) is 0 Å². The first kappa shape index (κ1) is 13.6. The molecule has 112 valence electrons. The summed E-state index contributed by atoms with van der Waals surface area (Å²) < 4.78 is 0. The molecular formula is C13H15N9. The van der Waals surface area contributed by atoms with Crippen LogP contribution in [0.3, 0.4) is 0 Å². The predicted octanol–water partition coefficient (Wildman–Crippen LogP) is 1.07. The summed E-state index contributed by atoms with van der Waals surface area (Å²) in [6.07, 6.45) is 1.79. The van der Waals surface area contributed by atoms with Gasteiger partial charge >= 0.3 is 0 Å². The summed E-state index contributed by atoms with van der Waals surface area (Å²) in [4.78, 5) is 9.92. The first-order valence-corrected chi connectivity index (χ1v) is 6.50. The summed E-state index contributed by atoms with van der Waals surface area (Å²) >= 11 is 0. The van der Waals surface area contributed by atoms with Crippen LogP contribution in [0.1, 0.15) is 11.1 Å². The fraction of sp³-hybridized carbons (Fsp3) is 0.0769. The molecule has 2 heterocycles. The van der Waals surface area contributed by atoms with Gasteiger partial charge in [-0.15, -0.1) is 10.2 Å². The van der Waals surface area contributed by atoms with Gasteiger partial charge in [0.25, 0.3) is 11.9 Å². The first-order chi connectivity index (χ1) is 10.7. The Morgan fingerprint density at radius 1 is 1.00 bits per heavy atom. The normalized spacial score (nSPS) is 10.5. The molecule has 0 aliphatic carbocycles. The van der Waals surface area contributed by atoms with Crippen LogP contribution in [-0.4, -0.2) is 30.4 Å². The Kier molecular flexibility index (Phi) is 3.44. The van der Waals surface area contributed by atoms with Crippen LogP contribution < -0.4 is 16.4 Å². The van der Waals surface area contributed by atoms with E-state index in [-0.39, 0.29) is 11.9 Å². The minimum Gasteiger partial charge on any atom is -0.368 e. The lowest BCUT2D eigenvalue weighted by Gasteiger charge is -2.16. The fourth-order valence-electron chi connectivity index (χ4n) is 1.94.